The van der Waals surface area contributed by atoms with Gasteiger partial charge < -0.3 is 14.5 Å². The molecule has 20 heavy (non-hydrogen) atoms. The minimum Gasteiger partial charge on any atom is -0.492 e. The van der Waals surface area contributed by atoms with E-state index in [0.717, 1.165) is 35.3 Å². The lowest BCUT2D eigenvalue weighted by Crippen LogP contribution is -2.20. The average Bonchev–Trinajstić information content (AvgIpc) is 3.00. The summed E-state index contributed by atoms with van der Waals surface area (Å²) >= 11 is 0. The van der Waals surface area contributed by atoms with Crippen molar-refractivity contribution < 1.29 is 9.15 Å². The molecule has 0 spiro atoms. The third-order valence-corrected chi connectivity index (χ3v) is 3.03. The largest absolute Gasteiger partial charge is 0.492 e. The number of hydrogen-bond acceptors (Lipinski definition) is 4. The maximum atomic E-state index is 5.71. The molecule has 0 amide bonds. The minimum atomic E-state index is 0.621. The summed E-state index contributed by atoms with van der Waals surface area (Å²) < 4.78 is 10.7. The maximum Gasteiger partial charge on any atom is 0.121 e. The number of nitrogens with zero attached hydrogens (tertiary/aromatic N) is 1. The van der Waals surface area contributed by atoms with E-state index in [1.165, 1.54) is 0 Å². The van der Waals surface area contributed by atoms with Gasteiger partial charge in [0.1, 0.15) is 12.4 Å². The van der Waals surface area contributed by atoms with Crippen molar-refractivity contribution in [3.05, 3.63) is 60.7 Å². The molecule has 0 fully saturated rings. The highest BCUT2D eigenvalue weighted by Crippen LogP contribution is 2.18. The summed E-state index contributed by atoms with van der Waals surface area (Å²) in [5.74, 6) is 0.848. The number of nitrogens with one attached hydrogen (secondary N) is 1. The molecule has 0 saturated carbocycles. The van der Waals surface area contributed by atoms with Crippen LogP contribution in [0, 0.1) is 0 Å². The highest BCUT2D eigenvalue weighted by Gasteiger charge is 1.98. The smallest absolute Gasteiger partial charge is 0.121 e. The summed E-state index contributed by atoms with van der Waals surface area (Å²) in [5, 5.41) is 4.42. The minimum absolute atomic E-state index is 0.621. The van der Waals surface area contributed by atoms with Crippen LogP contribution in [0.4, 0.5) is 0 Å². The van der Waals surface area contributed by atoms with Crippen LogP contribution in [0.2, 0.25) is 0 Å². The molecule has 3 rings (SSSR count). The highest BCUT2D eigenvalue weighted by atomic mass is 16.5. The standard InChI is InChI=1S/C16H16N2O2/c1-2-14-3-4-15(10-16(14)18-6-1)20-9-7-17-11-13-5-8-19-12-13/h1-6,8,10,12,17H,7,9,11H2. The van der Waals surface area contributed by atoms with E-state index in [4.69, 9.17) is 9.15 Å². The third kappa shape index (κ3) is 3.16. The first kappa shape index (κ1) is 12.7. The Labute approximate surface area is 117 Å². The van der Waals surface area contributed by atoms with E-state index >= 15 is 0 Å². The third-order valence-electron chi connectivity index (χ3n) is 3.03. The predicted molar refractivity (Wildman–Crippen MR) is 77.7 cm³/mol. The van der Waals surface area contributed by atoms with Gasteiger partial charge in [0, 0.05) is 36.3 Å². The molecular formula is C16H16N2O2. The Hall–Kier alpha value is -2.33. The number of hydrogen-bond donors (Lipinski definition) is 1. The fraction of sp³-hybridized carbons (Fsp3) is 0.188. The van der Waals surface area contributed by atoms with Crippen LogP contribution in [0.5, 0.6) is 5.75 Å². The molecule has 2 heterocycles. The van der Waals surface area contributed by atoms with E-state index in [2.05, 4.69) is 10.3 Å². The van der Waals surface area contributed by atoms with Gasteiger partial charge in [0.05, 0.1) is 18.0 Å². The van der Waals surface area contributed by atoms with Crippen LogP contribution in [0.1, 0.15) is 5.56 Å². The summed E-state index contributed by atoms with van der Waals surface area (Å²) in [4.78, 5) is 4.31. The van der Waals surface area contributed by atoms with Crippen LogP contribution in [-0.2, 0) is 6.54 Å². The Balaban J connectivity index is 1.47. The predicted octanol–water partition coefficient (Wildman–Crippen LogP) is 3.00. The van der Waals surface area contributed by atoms with Gasteiger partial charge in [0.2, 0.25) is 0 Å². The molecule has 0 aliphatic carbocycles. The summed E-state index contributed by atoms with van der Waals surface area (Å²) in [5.41, 5.74) is 2.09. The Morgan fingerprint density at radius 2 is 2.20 bits per heavy atom. The van der Waals surface area contributed by atoms with Gasteiger partial charge in [-0.3, -0.25) is 4.98 Å². The van der Waals surface area contributed by atoms with Gasteiger partial charge in [0.15, 0.2) is 0 Å². The highest BCUT2D eigenvalue weighted by molar-refractivity contribution is 5.79. The van der Waals surface area contributed by atoms with E-state index in [9.17, 15) is 0 Å². The zero-order valence-electron chi connectivity index (χ0n) is 11.1. The van der Waals surface area contributed by atoms with Gasteiger partial charge >= 0.3 is 0 Å². The van der Waals surface area contributed by atoms with E-state index in [1.807, 2.05) is 36.4 Å². The molecule has 0 bridgehead atoms. The number of aromatic nitrogens is 1. The van der Waals surface area contributed by atoms with Crippen LogP contribution >= 0.6 is 0 Å². The molecule has 102 valence electrons. The Morgan fingerprint density at radius 3 is 3.10 bits per heavy atom. The molecule has 2 aromatic heterocycles. The summed E-state index contributed by atoms with van der Waals surface area (Å²) in [6.07, 6.45) is 5.21. The second-order valence-corrected chi connectivity index (χ2v) is 4.51. The van der Waals surface area contributed by atoms with E-state index in [-0.39, 0.29) is 0 Å². The first-order valence-electron chi connectivity index (χ1n) is 6.61. The summed E-state index contributed by atoms with van der Waals surface area (Å²) in [6.45, 7) is 2.20. The van der Waals surface area contributed by atoms with Gasteiger partial charge in [-0.1, -0.05) is 6.07 Å². The fourth-order valence-electron chi connectivity index (χ4n) is 2.00. The lowest BCUT2D eigenvalue weighted by molar-refractivity contribution is 0.314. The van der Waals surface area contributed by atoms with Crippen LogP contribution < -0.4 is 10.1 Å². The molecule has 0 aliphatic heterocycles. The SMILES string of the molecule is c1cnc2cc(OCCNCc3ccoc3)ccc2c1. The quantitative estimate of drug-likeness (QED) is 0.698. The molecule has 4 nitrogen and oxygen atoms in total. The Bertz CT molecular complexity index is 665. The number of ether oxygens (including phenoxy) is 1. The molecule has 0 radical (unpaired) electrons. The second kappa shape index (κ2) is 6.21. The first-order valence-corrected chi connectivity index (χ1v) is 6.61. The van der Waals surface area contributed by atoms with Crippen LogP contribution in [-0.4, -0.2) is 18.1 Å². The number of pyridine rings is 1. The molecular weight excluding hydrogens is 252 g/mol. The molecule has 0 unspecified atom stereocenters. The topological polar surface area (TPSA) is 47.3 Å². The van der Waals surface area contributed by atoms with Crippen LogP contribution in [0.15, 0.2) is 59.5 Å². The van der Waals surface area contributed by atoms with Crippen molar-refractivity contribution in [1.29, 1.82) is 0 Å². The van der Waals surface area contributed by atoms with Gasteiger partial charge in [-0.25, -0.2) is 0 Å². The molecule has 0 saturated heterocycles. The summed E-state index contributed by atoms with van der Waals surface area (Å²) in [7, 11) is 0. The molecule has 1 N–H and O–H groups in total. The molecule has 1 aromatic carbocycles. The van der Waals surface area contributed by atoms with Crippen LogP contribution in [0.3, 0.4) is 0 Å². The molecule has 0 aliphatic rings. The molecule has 3 aromatic rings. The average molecular weight is 268 g/mol. The maximum absolute atomic E-state index is 5.71. The van der Waals surface area contributed by atoms with Gasteiger partial charge in [-0.15, -0.1) is 0 Å². The monoisotopic (exact) mass is 268 g/mol. The normalized spacial score (nSPS) is 10.8. The van der Waals surface area contributed by atoms with Crippen molar-refractivity contribution in [3.63, 3.8) is 0 Å². The van der Waals surface area contributed by atoms with Crippen molar-refractivity contribution in [3.8, 4) is 5.75 Å². The van der Waals surface area contributed by atoms with Crippen molar-refractivity contribution in [2.75, 3.05) is 13.2 Å². The van der Waals surface area contributed by atoms with E-state index in [0.29, 0.717) is 6.61 Å². The van der Waals surface area contributed by atoms with Gasteiger partial charge in [-0.2, -0.15) is 0 Å². The van der Waals surface area contributed by atoms with E-state index < -0.39 is 0 Å². The Morgan fingerprint density at radius 1 is 1.20 bits per heavy atom. The number of furan rings is 1. The molecule has 4 heteroatoms. The fourth-order valence-corrected chi connectivity index (χ4v) is 2.00. The number of rotatable bonds is 6. The number of fused-ring (bicyclic) bond motifs is 1. The van der Waals surface area contributed by atoms with Crippen LogP contribution in [0.25, 0.3) is 10.9 Å². The second-order valence-electron chi connectivity index (χ2n) is 4.51. The van der Waals surface area contributed by atoms with Gasteiger partial charge in [0.25, 0.3) is 0 Å². The van der Waals surface area contributed by atoms with Crippen molar-refractivity contribution in [1.82, 2.24) is 10.3 Å². The lowest BCUT2D eigenvalue weighted by Gasteiger charge is -2.07. The van der Waals surface area contributed by atoms with Gasteiger partial charge in [-0.05, 0) is 24.3 Å². The zero-order valence-corrected chi connectivity index (χ0v) is 11.1. The van der Waals surface area contributed by atoms with Crippen molar-refractivity contribution >= 4 is 10.9 Å². The lowest BCUT2D eigenvalue weighted by atomic mass is 10.2. The zero-order chi connectivity index (χ0) is 13.6. The summed E-state index contributed by atoms with van der Waals surface area (Å²) in [6, 6.07) is 11.9. The molecule has 0 atom stereocenters. The number of benzene rings is 1. The van der Waals surface area contributed by atoms with E-state index in [1.54, 1.807) is 18.7 Å². The Kier molecular flexibility index (Phi) is 3.94. The van der Waals surface area contributed by atoms with Crippen molar-refractivity contribution in [2.45, 2.75) is 6.54 Å². The van der Waals surface area contributed by atoms with Crippen molar-refractivity contribution in [2.24, 2.45) is 0 Å². The first-order chi connectivity index (χ1) is 9.92.